The maximum atomic E-state index is 12.5. The van der Waals surface area contributed by atoms with Gasteiger partial charge in [0.15, 0.2) is 0 Å². The lowest BCUT2D eigenvalue weighted by atomic mass is 10.2. The molecule has 0 bridgehead atoms. The Balaban J connectivity index is 1.38. The highest BCUT2D eigenvalue weighted by Gasteiger charge is 2.24. The van der Waals surface area contributed by atoms with Crippen LogP contribution in [0.5, 0.6) is 0 Å². The highest BCUT2D eigenvalue weighted by molar-refractivity contribution is 6.30. The zero-order valence-corrected chi connectivity index (χ0v) is 14.5. The number of hydrogen-bond donors (Lipinski definition) is 1. The predicted octanol–water partition coefficient (Wildman–Crippen LogP) is 3.06. The highest BCUT2D eigenvalue weighted by atomic mass is 35.5. The van der Waals surface area contributed by atoms with Crippen LogP contribution in [0.15, 0.2) is 48.5 Å². The van der Waals surface area contributed by atoms with Gasteiger partial charge in [0, 0.05) is 24.7 Å². The second-order valence-electron chi connectivity index (χ2n) is 6.36. The van der Waals surface area contributed by atoms with Crippen LogP contribution in [0.4, 0.5) is 0 Å². The molecule has 0 radical (unpaired) electrons. The Bertz CT molecular complexity index is 874. The van der Waals surface area contributed by atoms with E-state index in [1.807, 2.05) is 53.4 Å². The molecule has 1 aliphatic rings. The fourth-order valence-electron chi connectivity index (χ4n) is 3.21. The zero-order valence-electron chi connectivity index (χ0n) is 13.8. The normalized spacial score (nSPS) is 15.9. The Labute approximate surface area is 151 Å². The van der Waals surface area contributed by atoms with Gasteiger partial charge in [-0.1, -0.05) is 35.9 Å². The zero-order chi connectivity index (χ0) is 17.2. The molecule has 1 fully saturated rings. The van der Waals surface area contributed by atoms with Crippen LogP contribution in [-0.2, 0) is 17.9 Å². The molecule has 1 amide bonds. The van der Waals surface area contributed by atoms with E-state index in [1.54, 1.807) is 0 Å². The molecule has 4 rings (SSSR count). The van der Waals surface area contributed by atoms with E-state index in [1.165, 1.54) is 0 Å². The Kier molecular flexibility index (Phi) is 4.42. The van der Waals surface area contributed by atoms with E-state index in [0.717, 1.165) is 40.5 Å². The van der Waals surface area contributed by atoms with E-state index in [0.29, 0.717) is 19.6 Å². The lowest BCUT2D eigenvalue weighted by Crippen LogP contribution is -2.49. The molecule has 1 aromatic heterocycles. The van der Waals surface area contributed by atoms with Crippen LogP contribution in [0.3, 0.4) is 0 Å². The van der Waals surface area contributed by atoms with Gasteiger partial charge in [-0.25, -0.2) is 4.98 Å². The van der Waals surface area contributed by atoms with Crippen molar-refractivity contribution in [3.8, 4) is 0 Å². The average molecular weight is 355 g/mol. The molecule has 0 unspecified atom stereocenters. The summed E-state index contributed by atoms with van der Waals surface area (Å²) in [6.07, 6.45) is 0. The summed E-state index contributed by atoms with van der Waals surface area (Å²) in [5.41, 5.74) is 3.07. The van der Waals surface area contributed by atoms with Crippen LogP contribution in [0, 0.1) is 0 Å². The molecule has 2 aromatic carbocycles. The molecule has 0 spiro atoms. The predicted molar refractivity (Wildman–Crippen MR) is 98.2 cm³/mol. The fraction of sp³-hybridized carbons (Fsp3) is 0.263. The van der Waals surface area contributed by atoms with Crippen molar-refractivity contribution in [3.05, 3.63) is 64.9 Å². The number of benzene rings is 2. The summed E-state index contributed by atoms with van der Waals surface area (Å²) in [6.45, 7) is 3.24. The molecule has 1 aliphatic heterocycles. The monoisotopic (exact) mass is 354 g/mol. The number of aromatic amines is 1. The summed E-state index contributed by atoms with van der Waals surface area (Å²) in [5.74, 6) is 0.964. The molecule has 25 heavy (non-hydrogen) atoms. The number of nitrogens with one attached hydrogen (secondary N) is 1. The Morgan fingerprint density at radius 1 is 1.08 bits per heavy atom. The van der Waals surface area contributed by atoms with Crippen LogP contribution in [0.1, 0.15) is 11.4 Å². The van der Waals surface area contributed by atoms with Crippen LogP contribution in [-0.4, -0.2) is 45.3 Å². The summed E-state index contributed by atoms with van der Waals surface area (Å²) in [6, 6.07) is 15.7. The number of carbonyl (C=O) groups is 1. The molecule has 0 aliphatic carbocycles. The second-order valence-corrected chi connectivity index (χ2v) is 6.79. The molecule has 0 saturated carbocycles. The molecule has 1 saturated heterocycles. The number of fused-ring (bicyclic) bond motifs is 1. The molecule has 1 N–H and O–H groups in total. The minimum absolute atomic E-state index is 0.133. The summed E-state index contributed by atoms with van der Waals surface area (Å²) >= 11 is 6.03. The number of rotatable bonds is 4. The largest absolute Gasteiger partial charge is 0.340 e. The first-order chi connectivity index (χ1) is 12.2. The molecular formula is C19H19ClN4O. The minimum atomic E-state index is 0.133. The molecule has 128 valence electrons. The molecular weight excluding hydrogens is 336 g/mol. The number of amides is 1. The van der Waals surface area contributed by atoms with E-state index in [9.17, 15) is 4.79 Å². The van der Waals surface area contributed by atoms with Crippen molar-refractivity contribution in [2.24, 2.45) is 0 Å². The van der Waals surface area contributed by atoms with Crippen LogP contribution in [0.2, 0.25) is 5.02 Å². The number of H-pyrrole nitrogens is 1. The smallest absolute Gasteiger partial charge is 0.237 e. The minimum Gasteiger partial charge on any atom is -0.340 e. The van der Waals surface area contributed by atoms with Crippen LogP contribution < -0.4 is 0 Å². The third kappa shape index (κ3) is 3.67. The SMILES string of the molecule is O=C1CN(Cc2cccc(Cl)c2)CCN1Cc1nc2ccccc2[nH]1. The maximum absolute atomic E-state index is 12.5. The molecule has 0 atom stereocenters. The van der Waals surface area contributed by atoms with Crippen molar-refractivity contribution in [3.63, 3.8) is 0 Å². The van der Waals surface area contributed by atoms with Gasteiger partial charge in [0.05, 0.1) is 24.1 Å². The Morgan fingerprint density at radius 2 is 1.96 bits per heavy atom. The first-order valence-corrected chi connectivity index (χ1v) is 8.73. The van der Waals surface area contributed by atoms with E-state index in [-0.39, 0.29) is 5.91 Å². The van der Waals surface area contributed by atoms with Crippen LogP contribution >= 0.6 is 11.6 Å². The van der Waals surface area contributed by atoms with Gasteiger partial charge in [0.2, 0.25) is 5.91 Å². The number of aromatic nitrogens is 2. The van der Waals surface area contributed by atoms with E-state index < -0.39 is 0 Å². The number of imidazole rings is 1. The molecule has 6 heteroatoms. The van der Waals surface area contributed by atoms with Gasteiger partial charge in [-0.15, -0.1) is 0 Å². The van der Waals surface area contributed by atoms with Crippen LogP contribution in [0.25, 0.3) is 11.0 Å². The number of carbonyl (C=O) groups excluding carboxylic acids is 1. The third-order valence-corrected chi connectivity index (χ3v) is 4.71. The number of para-hydroxylation sites is 2. The number of halogens is 1. The van der Waals surface area contributed by atoms with Crippen molar-refractivity contribution < 1.29 is 4.79 Å². The van der Waals surface area contributed by atoms with Crippen molar-refractivity contribution in [1.29, 1.82) is 0 Å². The van der Waals surface area contributed by atoms with Crippen molar-refractivity contribution in [2.75, 3.05) is 19.6 Å². The fourth-order valence-corrected chi connectivity index (χ4v) is 3.43. The topological polar surface area (TPSA) is 52.2 Å². The Hall–Kier alpha value is -2.37. The van der Waals surface area contributed by atoms with Crippen molar-refractivity contribution in [2.45, 2.75) is 13.1 Å². The lowest BCUT2D eigenvalue weighted by Gasteiger charge is -2.33. The van der Waals surface area contributed by atoms with Gasteiger partial charge >= 0.3 is 0 Å². The summed E-state index contributed by atoms with van der Waals surface area (Å²) in [7, 11) is 0. The third-order valence-electron chi connectivity index (χ3n) is 4.47. The van der Waals surface area contributed by atoms with E-state index in [4.69, 9.17) is 11.6 Å². The van der Waals surface area contributed by atoms with E-state index in [2.05, 4.69) is 14.9 Å². The van der Waals surface area contributed by atoms with Gasteiger partial charge in [-0.3, -0.25) is 9.69 Å². The number of piperazine rings is 1. The molecule has 3 aromatic rings. The summed E-state index contributed by atoms with van der Waals surface area (Å²) in [4.78, 5) is 24.4. The van der Waals surface area contributed by atoms with Gasteiger partial charge in [-0.05, 0) is 29.8 Å². The van der Waals surface area contributed by atoms with Crippen molar-refractivity contribution >= 4 is 28.5 Å². The standard InChI is InChI=1S/C19H19ClN4O/c20-15-5-3-4-14(10-15)11-23-8-9-24(19(25)13-23)12-18-21-16-6-1-2-7-17(16)22-18/h1-7,10H,8-9,11-13H2,(H,21,22). The summed E-state index contributed by atoms with van der Waals surface area (Å²) < 4.78 is 0. The highest BCUT2D eigenvalue weighted by Crippen LogP contribution is 2.16. The Morgan fingerprint density at radius 3 is 2.76 bits per heavy atom. The first kappa shape index (κ1) is 16.1. The molecule has 5 nitrogen and oxygen atoms in total. The lowest BCUT2D eigenvalue weighted by molar-refractivity contribution is -0.137. The summed E-state index contributed by atoms with van der Waals surface area (Å²) in [5, 5.41) is 0.729. The maximum Gasteiger partial charge on any atom is 0.237 e. The number of nitrogens with zero attached hydrogens (tertiary/aromatic N) is 3. The first-order valence-electron chi connectivity index (χ1n) is 8.35. The van der Waals surface area contributed by atoms with Gasteiger partial charge < -0.3 is 9.88 Å². The molecule has 2 heterocycles. The van der Waals surface area contributed by atoms with Crippen molar-refractivity contribution in [1.82, 2.24) is 19.8 Å². The number of hydrogen-bond acceptors (Lipinski definition) is 3. The van der Waals surface area contributed by atoms with Gasteiger partial charge in [0.25, 0.3) is 0 Å². The quantitative estimate of drug-likeness (QED) is 0.783. The van der Waals surface area contributed by atoms with Gasteiger partial charge in [-0.2, -0.15) is 0 Å². The van der Waals surface area contributed by atoms with E-state index >= 15 is 0 Å². The average Bonchev–Trinajstić information content (AvgIpc) is 3.00. The van der Waals surface area contributed by atoms with Gasteiger partial charge in [0.1, 0.15) is 5.82 Å². The second kappa shape index (κ2) is 6.86.